The lowest BCUT2D eigenvalue weighted by molar-refractivity contribution is -0.116. The van der Waals surface area contributed by atoms with Gasteiger partial charge in [-0.25, -0.2) is 4.99 Å². The average molecular weight is 335 g/mol. The fourth-order valence-electron chi connectivity index (χ4n) is 2.84. The maximum absolute atomic E-state index is 11.8. The third kappa shape index (κ3) is 2.76. The molecule has 5 heteroatoms. The van der Waals surface area contributed by atoms with Gasteiger partial charge in [-0.3, -0.25) is 9.69 Å². The summed E-state index contributed by atoms with van der Waals surface area (Å²) in [5.41, 5.74) is 4.40. The van der Waals surface area contributed by atoms with Gasteiger partial charge < -0.3 is 0 Å². The van der Waals surface area contributed by atoms with Crippen molar-refractivity contribution >= 4 is 34.4 Å². The highest BCUT2D eigenvalue weighted by molar-refractivity contribution is 8.13. The van der Waals surface area contributed by atoms with Gasteiger partial charge in [0.2, 0.25) is 0 Å². The average Bonchev–Trinajstić information content (AvgIpc) is 3.02. The zero-order valence-electron chi connectivity index (χ0n) is 13.4. The topological polar surface area (TPSA) is 45.0 Å². The summed E-state index contributed by atoms with van der Waals surface area (Å²) in [4.78, 5) is 22.7. The van der Waals surface area contributed by atoms with Gasteiger partial charge in [0.05, 0.1) is 5.69 Å². The van der Waals surface area contributed by atoms with Crippen molar-refractivity contribution < 1.29 is 4.79 Å². The minimum atomic E-state index is -0.109. The molecule has 24 heavy (non-hydrogen) atoms. The molecule has 0 bridgehead atoms. The number of aliphatic imine (C=N–C) groups is 2. The quantitative estimate of drug-likeness (QED) is 0.857. The molecule has 0 unspecified atom stereocenters. The molecule has 0 aromatic heterocycles. The number of hydrogen-bond donors (Lipinski definition) is 0. The van der Waals surface area contributed by atoms with Gasteiger partial charge in [0.1, 0.15) is 12.4 Å². The van der Waals surface area contributed by atoms with E-state index in [0.29, 0.717) is 0 Å². The van der Waals surface area contributed by atoms with Crippen LogP contribution >= 0.6 is 11.8 Å². The Balaban J connectivity index is 1.59. The number of carbonyl (C=O) groups excluding carboxylic acids is 1. The van der Waals surface area contributed by atoms with Crippen molar-refractivity contribution in [2.75, 3.05) is 6.54 Å². The minimum Gasteiger partial charge on any atom is -0.295 e. The normalized spacial score (nSPS) is 15.7. The summed E-state index contributed by atoms with van der Waals surface area (Å²) in [5.74, 6) is 1.44. The summed E-state index contributed by atoms with van der Waals surface area (Å²) in [6, 6.07) is 16.5. The molecule has 0 fully saturated rings. The lowest BCUT2D eigenvalue weighted by Gasteiger charge is -2.26. The van der Waals surface area contributed by atoms with Crippen LogP contribution in [0.15, 0.2) is 58.5 Å². The lowest BCUT2D eigenvalue weighted by atomic mass is 10.1. The van der Waals surface area contributed by atoms with Crippen molar-refractivity contribution in [1.82, 2.24) is 4.90 Å². The first-order valence-corrected chi connectivity index (χ1v) is 9.01. The number of fused-ring (bicyclic) bond motifs is 3. The molecule has 2 aliphatic heterocycles. The van der Waals surface area contributed by atoms with Gasteiger partial charge in [-0.2, -0.15) is 4.99 Å². The van der Waals surface area contributed by atoms with E-state index in [1.165, 1.54) is 11.1 Å². The second-order valence-corrected chi connectivity index (χ2v) is 6.73. The van der Waals surface area contributed by atoms with Gasteiger partial charge in [-0.05, 0) is 29.7 Å². The fraction of sp³-hybridized carbons (Fsp3) is 0.211. The first-order valence-electron chi connectivity index (χ1n) is 8.02. The van der Waals surface area contributed by atoms with E-state index in [-0.39, 0.29) is 12.5 Å². The van der Waals surface area contributed by atoms with Gasteiger partial charge >= 0.3 is 0 Å². The van der Waals surface area contributed by atoms with Gasteiger partial charge in [-0.1, -0.05) is 55.1 Å². The molecule has 2 aliphatic rings. The summed E-state index contributed by atoms with van der Waals surface area (Å²) in [6.45, 7) is 2.44. The van der Waals surface area contributed by atoms with E-state index in [2.05, 4.69) is 36.2 Å². The highest BCUT2D eigenvalue weighted by Gasteiger charge is 2.33. The molecular weight excluding hydrogens is 318 g/mol. The maximum Gasteiger partial charge on any atom is 0.267 e. The SMILES string of the molecule is CCc1ccc(CSC2=Nc3ccccc3C3=NC(=O)CN23)cc1. The number of rotatable bonds is 3. The molecule has 0 saturated heterocycles. The Morgan fingerprint density at radius 2 is 1.79 bits per heavy atom. The van der Waals surface area contributed by atoms with Gasteiger partial charge in [0.25, 0.3) is 5.91 Å². The zero-order chi connectivity index (χ0) is 16.5. The number of aryl methyl sites for hydroxylation is 1. The largest absolute Gasteiger partial charge is 0.295 e. The van der Waals surface area contributed by atoms with Crippen LogP contribution in [-0.4, -0.2) is 28.4 Å². The van der Waals surface area contributed by atoms with Gasteiger partial charge in [-0.15, -0.1) is 0 Å². The van der Waals surface area contributed by atoms with Crippen molar-refractivity contribution in [1.29, 1.82) is 0 Å². The van der Waals surface area contributed by atoms with Crippen LogP contribution in [0.5, 0.6) is 0 Å². The number of amidine groups is 2. The van der Waals surface area contributed by atoms with Crippen molar-refractivity contribution in [3.63, 3.8) is 0 Å². The van der Waals surface area contributed by atoms with E-state index in [1.807, 2.05) is 29.2 Å². The number of benzene rings is 2. The van der Waals surface area contributed by atoms with Crippen LogP contribution in [0.3, 0.4) is 0 Å². The van der Waals surface area contributed by atoms with E-state index in [0.717, 1.165) is 34.4 Å². The van der Waals surface area contributed by atoms with Crippen molar-refractivity contribution in [3.8, 4) is 0 Å². The first-order chi connectivity index (χ1) is 11.7. The lowest BCUT2D eigenvalue weighted by Crippen LogP contribution is -2.35. The molecule has 0 atom stereocenters. The summed E-state index contributed by atoms with van der Waals surface area (Å²) in [5, 5.41) is 0.845. The summed E-state index contributed by atoms with van der Waals surface area (Å²) >= 11 is 1.65. The summed E-state index contributed by atoms with van der Waals surface area (Å²) in [6.07, 6.45) is 1.05. The second kappa shape index (κ2) is 6.24. The summed E-state index contributed by atoms with van der Waals surface area (Å²) < 4.78 is 0. The first kappa shape index (κ1) is 15.1. The number of para-hydroxylation sites is 1. The maximum atomic E-state index is 11.8. The highest BCUT2D eigenvalue weighted by atomic mass is 32.2. The fourth-order valence-corrected chi connectivity index (χ4v) is 3.80. The van der Waals surface area contributed by atoms with Gasteiger partial charge in [0.15, 0.2) is 5.17 Å². The van der Waals surface area contributed by atoms with Gasteiger partial charge in [0, 0.05) is 11.3 Å². The predicted molar refractivity (Wildman–Crippen MR) is 98.9 cm³/mol. The minimum absolute atomic E-state index is 0.109. The number of thioether (sulfide) groups is 1. The van der Waals surface area contributed by atoms with E-state index >= 15 is 0 Å². The molecule has 4 nitrogen and oxygen atoms in total. The van der Waals surface area contributed by atoms with E-state index < -0.39 is 0 Å². The monoisotopic (exact) mass is 335 g/mol. The van der Waals surface area contributed by atoms with E-state index in [4.69, 9.17) is 4.99 Å². The Labute approximate surface area is 145 Å². The molecule has 0 saturated carbocycles. The van der Waals surface area contributed by atoms with Crippen LogP contribution in [0, 0.1) is 0 Å². The Hall–Kier alpha value is -2.40. The highest BCUT2D eigenvalue weighted by Crippen LogP contribution is 2.32. The second-order valence-electron chi connectivity index (χ2n) is 5.79. The molecule has 120 valence electrons. The third-order valence-corrected chi connectivity index (χ3v) is 5.22. The molecule has 0 N–H and O–H groups in total. The number of amides is 1. The molecule has 2 aromatic rings. The Bertz CT molecular complexity index is 855. The molecule has 2 heterocycles. The van der Waals surface area contributed by atoms with E-state index in [9.17, 15) is 4.79 Å². The number of hydrogen-bond acceptors (Lipinski definition) is 4. The Morgan fingerprint density at radius 1 is 1.04 bits per heavy atom. The number of nitrogens with zero attached hydrogens (tertiary/aromatic N) is 3. The van der Waals surface area contributed by atoms with Crippen molar-refractivity contribution in [2.24, 2.45) is 9.98 Å². The Kier molecular flexibility index (Phi) is 3.94. The number of carbonyl (C=O) groups is 1. The van der Waals surface area contributed by atoms with Crippen LogP contribution in [0.25, 0.3) is 0 Å². The van der Waals surface area contributed by atoms with Crippen LogP contribution < -0.4 is 0 Å². The van der Waals surface area contributed by atoms with Crippen LogP contribution in [0.1, 0.15) is 23.6 Å². The van der Waals surface area contributed by atoms with Crippen molar-refractivity contribution in [2.45, 2.75) is 19.1 Å². The van der Waals surface area contributed by atoms with Crippen molar-refractivity contribution in [3.05, 3.63) is 65.2 Å². The predicted octanol–water partition coefficient (Wildman–Crippen LogP) is 3.77. The molecule has 0 radical (unpaired) electrons. The molecule has 1 amide bonds. The third-order valence-electron chi connectivity index (χ3n) is 4.17. The van der Waals surface area contributed by atoms with Crippen LogP contribution in [0.4, 0.5) is 5.69 Å². The van der Waals surface area contributed by atoms with Crippen LogP contribution in [-0.2, 0) is 17.0 Å². The molecule has 4 rings (SSSR count). The zero-order valence-corrected chi connectivity index (χ0v) is 14.2. The molecular formula is C19H17N3OS. The molecule has 0 spiro atoms. The standard InChI is InChI=1S/C19H17N3OS/c1-2-13-7-9-14(10-8-13)12-24-19-20-16-6-4-3-5-15(16)18-21-17(23)11-22(18)19/h3-10H,2,11-12H2,1H3. The molecule has 0 aliphatic carbocycles. The smallest absolute Gasteiger partial charge is 0.267 e. The molecule has 2 aromatic carbocycles. The summed E-state index contributed by atoms with van der Waals surface area (Å²) in [7, 11) is 0. The van der Waals surface area contributed by atoms with Crippen LogP contribution in [0.2, 0.25) is 0 Å². The Morgan fingerprint density at radius 3 is 2.58 bits per heavy atom. The van der Waals surface area contributed by atoms with E-state index in [1.54, 1.807) is 11.8 Å².